The van der Waals surface area contributed by atoms with Crippen LogP contribution >= 0.6 is 0 Å². The Balaban J connectivity index is 0. The number of rotatable bonds is 13. The van der Waals surface area contributed by atoms with Crippen molar-refractivity contribution in [2.75, 3.05) is 47.9 Å². The molecule has 0 aliphatic carbocycles. The number of fused-ring (bicyclic) bond motifs is 1. The fourth-order valence-corrected chi connectivity index (χ4v) is 4.11. The summed E-state index contributed by atoms with van der Waals surface area (Å²) < 4.78 is 0. The van der Waals surface area contributed by atoms with E-state index in [-0.39, 0.29) is 11.4 Å². The lowest BCUT2D eigenvalue weighted by atomic mass is 9.98. The molecule has 0 fully saturated rings. The summed E-state index contributed by atoms with van der Waals surface area (Å²) in [5.74, 6) is 2.49. The molecule has 7 heteroatoms. The SMILES string of the molecule is C#C/C=C(C)\C=C/C.C=O.CNC(=O)CN(C)CC[C@@H](Cc1ccc2ccccc2c1)N(C)C/C=C/CC(C)(C)N.CO. The second-order valence-electron chi connectivity index (χ2n) is 10.9. The molecule has 0 saturated carbocycles. The first-order valence-corrected chi connectivity index (χ1v) is 14.5. The first kappa shape index (κ1) is 41.6. The monoisotopic (exact) mass is 592 g/mol. The van der Waals surface area contributed by atoms with Crippen LogP contribution < -0.4 is 11.1 Å². The first-order chi connectivity index (χ1) is 20.5. The van der Waals surface area contributed by atoms with Gasteiger partial charge in [0.05, 0.1) is 6.54 Å². The lowest BCUT2D eigenvalue weighted by Crippen LogP contribution is -2.39. The summed E-state index contributed by atoms with van der Waals surface area (Å²) in [7, 11) is 6.87. The molecule has 0 aliphatic rings. The molecule has 2 rings (SSSR count). The van der Waals surface area contributed by atoms with Gasteiger partial charge < -0.3 is 21.0 Å². The van der Waals surface area contributed by atoms with Crippen LogP contribution in [0, 0.1) is 12.3 Å². The van der Waals surface area contributed by atoms with Crippen LogP contribution in [0.1, 0.15) is 46.1 Å². The zero-order valence-electron chi connectivity index (χ0n) is 27.8. The van der Waals surface area contributed by atoms with Crippen molar-refractivity contribution >= 4 is 23.5 Å². The maximum absolute atomic E-state index is 11.7. The van der Waals surface area contributed by atoms with Crippen molar-refractivity contribution in [3.63, 3.8) is 0 Å². The Morgan fingerprint density at radius 1 is 1.14 bits per heavy atom. The minimum atomic E-state index is -0.178. The number of hydrogen-bond acceptors (Lipinski definition) is 6. The van der Waals surface area contributed by atoms with Crippen molar-refractivity contribution in [3.05, 3.63) is 84.0 Å². The molecule has 0 unspecified atom stereocenters. The van der Waals surface area contributed by atoms with Gasteiger partial charge in [-0.3, -0.25) is 14.6 Å². The van der Waals surface area contributed by atoms with Crippen LogP contribution in [0.3, 0.4) is 0 Å². The third-order valence-electron chi connectivity index (χ3n) is 6.39. The van der Waals surface area contributed by atoms with Gasteiger partial charge >= 0.3 is 0 Å². The normalized spacial score (nSPS) is 12.1. The van der Waals surface area contributed by atoms with E-state index in [2.05, 4.69) is 82.7 Å². The van der Waals surface area contributed by atoms with Crippen LogP contribution in [0.15, 0.2) is 78.4 Å². The Morgan fingerprint density at radius 2 is 1.77 bits per heavy atom. The molecule has 0 radical (unpaired) electrons. The number of carbonyl (C=O) groups excluding carboxylic acids is 2. The number of likely N-dealkylation sites (N-methyl/N-ethyl adjacent to an activating group) is 3. The molecule has 0 heterocycles. The quantitative estimate of drug-likeness (QED) is 0.172. The van der Waals surface area contributed by atoms with E-state index in [1.54, 1.807) is 13.1 Å². The lowest BCUT2D eigenvalue weighted by molar-refractivity contribution is -0.121. The van der Waals surface area contributed by atoms with E-state index in [0.29, 0.717) is 12.6 Å². The average Bonchev–Trinajstić information content (AvgIpc) is 2.99. The highest BCUT2D eigenvalue weighted by atomic mass is 16.2. The molecule has 0 aromatic heterocycles. The molecule has 2 aromatic rings. The number of nitrogens with zero attached hydrogens (tertiary/aromatic N) is 2. The molecule has 0 bridgehead atoms. The largest absolute Gasteiger partial charge is 0.400 e. The van der Waals surface area contributed by atoms with Crippen molar-refractivity contribution < 1.29 is 14.7 Å². The summed E-state index contributed by atoms with van der Waals surface area (Å²) >= 11 is 0. The number of carbonyl (C=O) groups is 2. The minimum Gasteiger partial charge on any atom is -0.400 e. The Morgan fingerprint density at radius 3 is 2.33 bits per heavy atom. The van der Waals surface area contributed by atoms with Gasteiger partial charge in [0.1, 0.15) is 6.79 Å². The van der Waals surface area contributed by atoms with Crippen molar-refractivity contribution in [2.45, 2.75) is 58.5 Å². The first-order valence-electron chi connectivity index (χ1n) is 14.5. The fourth-order valence-electron chi connectivity index (χ4n) is 4.11. The molecule has 4 N–H and O–H groups in total. The zero-order chi connectivity index (χ0) is 33.3. The minimum absolute atomic E-state index is 0.0502. The summed E-state index contributed by atoms with van der Waals surface area (Å²) in [5.41, 5.74) is 8.37. The molecule has 2 aromatic carbocycles. The van der Waals surface area contributed by atoms with Crippen LogP contribution in [0.5, 0.6) is 0 Å². The van der Waals surface area contributed by atoms with Gasteiger partial charge in [-0.2, -0.15) is 0 Å². The van der Waals surface area contributed by atoms with Gasteiger partial charge in [0.25, 0.3) is 0 Å². The second kappa shape index (κ2) is 25.0. The lowest BCUT2D eigenvalue weighted by Gasteiger charge is -2.29. The summed E-state index contributed by atoms with van der Waals surface area (Å²) in [4.78, 5) is 24.2. The molecule has 0 aliphatic heterocycles. The Hall–Kier alpha value is -3.54. The summed E-state index contributed by atoms with van der Waals surface area (Å²) in [6, 6.07) is 15.6. The van der Waals surface area contributed by atoms with Crippen LogP contribution in [0.4, 0.5) is 0 Å². The zero-order valence-corrected chi connectivity index (χ0v) is 27.8. The number of hydrogen-bond donors (Lipinski definition) is 3. The van der Waals surface area contributed by atoms with E-state index < -0.39 is 0 Å². The van der Waals surface area contributed by atoms with Gasteiger partial charge in [-0.25, -0.2) is 0 Å². The van der Waals surface area contributed by atoms with E-state index in [0.717, 1.165) is 45.0 Å². The number of benzene rings is 2. The number of nitrogens with two attached hydrogens (primary N) is 1. The van der Waals surface area contributed by atoms with Crippen molar-refractivity contribution in [2.24, 2.45) is 5.73 Å². The number of aliphatic hydroxyl groups is 1. The Kier molecular flexibility index (Phi) is 24.2. The summed E-state index contributed by atoms with van der Waals surface area (Å²) in [6.45, 7) is 12.2. The van der Waals surface area contributed by atoms with Gasteiger partial charge in [0, 0.05) is 32.3 Å². The Bertz CT molecular complexity index is 1160. The second-order valence-corrected chi connectivity index (χ2v) is 10.9. The van der Waals surface area contributed by atoms with Crippen LogP contribution in [-0.2, 0) is 16.0 Å². The number of terminal acetylenes is 1. The maximum atomic E-state index is 11.7. The van der Waals surface area contributed by atoms with Gasteiger partial charge in [0.15, 0.2) is 0 Å². The summed E-state index contributed by atoms with van der Waals surface area (Å²) in [6.07, 6.45) is 17.9. The molecule has 1 amide bonds. The number of aliphatic hydroxyl groups excluding tert-OH is 1. The third-order valence-corrected chi connectivity index (χ3v) is 6.39. The highest BCUT2D eigenvalue weighted by Crippen LogP contribution is 2.19. The third kappa shape index (κ3) is 20.9. The molecule has 7 nitrogen and oxygen atoms in total. The van der Waals surface area contributed by atoms with Crippen molar-refractivity contribution in [3.8, 4) is 12.3 Å². The van der Waals surface area contributed by atoms with Gasteiger partial charge in [0.2, 0.25) is 5.91 Å². The van der Waals surface area contributed by atoms with Gasteiger partial charge in [-0.1, -0.05) is 72.7 Å². The van der Waals surface area contributed by atoms with E-state index in [9.17, 15) is 4.79 Å². The smallest absolute Gasteiger partial charge is 0.233 e. The van der Waals surface area contributed by atoms with E-state index >= 15 is 0 Å². The maximum Gasteiger partial charge on any atom is 0.233 e. The van der Waals surface area contributed by atoms with E-state index in [4.69, 9.17) is 22.1 Å². The van der Waals surface area contributed by atoms with Gasteiger partial charge in [-0.05, 0) is 95.6 Å². The van der Waals surface area contributed by atoms with Crippen LogP contribution in [0.25, 0.3) is 10.8 Å². The van der Waals surface area contributed by atoms with Crippen LogP contribution in [-0.4, -0.2) is 87.1 Å². The standard InChI is InChI=1S/C26H40N4O.C8H10.CH4O.CH2O/c1-26(2,27)15-8-9-16-30(5)24(14-17-29(4)20-25(31)28-3)19-21-12-13-22-10-6-7-11-23(22)18-21;1-4-6-8(3)7-5-2;2*1-2/h6-13,18,24H,14-17,19-20,27H2,1-5H3,(H,28,31);1,5-7H,2-3H3;2H,1H3;1H2/b9-8+;7-5-,8-6-;;/t24-;;;/m0.../s1. The summed E-state index contributed by atoms with van der Waals surface area (Å²) in [5, 5.41) is 12.3. The van der Waals surface area contributed by atoms with Crippen molar-refractivity contribution in [1.82, 2.24) is 15.1 Å². The molecule has 43 heavy (non-hydrogen) atoms. The highest BCUT2D eigenvalue weighted by Gasteiger charge is 2.17. The van der Waals surface area contributed by atoms with E-state index in [1.165, 1.54) is 16.3 Å². The molecule has 0 spiro atoms. The fraction of sp³-hybridized carbons (Fsp3) is 0.444. The number of allylic oxidation sites excluding steroid dienone is 4. The molecule has 1 atom stereocenters. The van der Waals surface area contributed by atoms with Crippen LogP contribution in [0.2, 0.25) is 0 Å². The molecule has 0 saturated heterocycles. The predicted octanol–water partition coefficient (Wildman–Crippen LogP) is 5.00. The average molecular weight is 593 g/mol. The van der Waals surface area contributed by atoms with Gasteiger partial charge in [-0.15, -0.1) is 6.42 Å². The predicted molar refractivity (Wildman–Crippen MR) is 185 cm³/mol. The topological polar surface area (TPSA) is 98.9 Å². The van der Waals surface area contributed by atoms with E-state index in [1.807, 2.05) is 53.7 Å². The van der Waals surface area contributed by atoms with Crippen molar-refractivity contribution in [1.29, 1.82) is 0 Å². The Labute approximate surface area is 261 Å². The number of amides is 1. The molecular formula is C36H56N4O3. The molecule has 238 valence electrons. The highest BCUT2D eigenvalue weighted by molar-refractivity contribution is 5.83. The number of nitrogens with one attached hydrogen (secondary N) is 1. The molecular weight excluding hydrogens is 536 g/mol.